The highest BCUT2D eigenvalue weighted by Crippen LogP contribution is 2.38. The van der Waals surface area contributed by atoms with Crippen molar-refractivity contribution in [1.29, 1.82) is 0 Å². The fourth-order valence-corrected chi connectivity index (χ4v) is 6.46. The molecule has 45 heavy (non-hydrogen) atoms. The zero-order chi connectivity index (χ0) is 29.7. The minimum Gasteiger partial charge on any atom is -0.456 e. The van der Waals surface area contributed by atoms with Crippen molar-refractivity contribution in [2.24, 2.45) is 0 Å². The van der Waals surface area contributed by atoms with Crippen LogP contribution in [0.3, 0.4) is 0 Å². The lowest BCUT2D eigenvalue weighted by atomic mass is 9.96. The van der Waals surface area contributed by atoms with E-state index in [2.05, 4.69) is 121 Å². The van der Waals surface area contributed by atoms with E-state index in [0.717, 1.165) is 84.6 Å². The highest BCUT2D eigenvalue weighted by Gasteiger charge is 2.16. The van der Waals surface area contributed by atoms with E-state index in [1.165, 1.54) is 5.39 Å². The number of rotatable bonds is 4. The summed E-state index contributed by atoms with van der Waals surface area (Å²) in [5, 5.41) is 6.92. The third-order valence-electron chi connectivity index (χ3n) is 8.76. The second-order valence-corrected chi connectivity index (χ2v) is 11.6. The number of benzene rings is 6. The van der Waals surface area contributed by atoms with Crippen LogP contribution in [0.4, 0.5) is 0 Å². The van der Waals surface area contributed by atoms with E-state index in [4.69, 9.17) is 19.4 Å². The molecule has 1 aliphatic carbocycles. The smallest absolute Gasteiger partial charge is 0.164 e. The fraction of sp³-hybridized carbons (Fsp3) is 0.0488. The predicted octanol–water partition coefficient (Wildman–Crippen LogP) is 10.8. The maximum Gasteiger partial charge on any atom is 0.164 e. The molecule has 0 N–H and O–H groups in total. The van der Waals surface area contributed by atoms with Gasteiger partial charge in [-0.15, -0.1) is 0 Å². The van der Waals surface area contributed by atoms with Gasteiger partial charge in [0, 0.05) is 21.9 Å². The van der Waals surface area contributed by atoms with E-state index in [-0.39, 0.29) is 0 Å². The van der Waals surface area contributed by atoms with E-state index in [0.29, 0.717) is 11.6 Å². The Bertz CT molecular complexity index is 2500. The van der Waals surface area contributed by atoms with Crippen molar-refractivity contribution < 1.29 is 4.42 Å². The second kappa shape index (κ2) is 10.4. The van der Waals surface area contributed by atoms with Crippen LogP contribution in [0.1, 0.15) is 18.7 Å². The quantitative estimate of drug-likeness (QED) is 0.209. The van der Waals surface area contributed by atoms with Crippen molar-refractivity contribution >= 4 is 49.1 Å². The molecule has 1 aliphatic rings. The molecule has 0 amide bonds. The zero-order valence-corrected chi connectivity index (χ0v) is 24.4. The molecular weight excluding hydrogens is 550 g/mol. The molecule has 0 fully saturated rings. The maximum atomic E-state index is 6.18. The summed E-state index contributed by atoms with van der Waals surface area (Å²) in [6.45, 7) is 0. The van der Waals surface area contributed by atoms with Crippen molar-refractivity contribution in [2.75, 3.05) is 0 Å². The summed E-state index contributed by atoms with van der Waals surface area (Å²) >= 11 is 0. The molecule has 212 valence electrons. The predicted molar refractivity (Wildman–Crippen MR) is 185 cm³/mol. The van der Waals surface area contributed by atoms with E-state index in [1.807, 2.05) is 18.2 Å². The number of furan rings is 1. The molecule has 0 radical (unpaired) electrons. The van der Waals surface area contributed by atoms with Gasteiger partial charge < -0.3 is 4.42 Å². The van der Waals surface area contributed by atoms with Gasteiger partial charge in [0.05, 0.1) is 0 Å². The van der Waals surface area contributed by atoms with Crippen LogP contribution < -0.4 is 0 Å². The lowest BCUT2D eigenvalue weighted by Crippen LogP contribution is -2.03. The number of fused-ring (bicyclic) bond motifs is 5. The normalized spacial score (nSPS) is 13.2. The molecule has 0 saturated heterocycles. The largest absolute Gasteiger partial charge is 0.456 e. The van der Waals surface area contributed by atoms with E-state index < -0.39 is 0 Å². The van der Waals surface area contributed by atoms with Crippen molar-refractivity contribution in [3.63, 3.8) is 0 Å². The average molecular weight is 578 g/mol. The van der Waals surface area contributed by atoms with Crippen LogP contribution in [0.25, 0.3) is 83.0 Å². The maximum absolute atomic E-state index is 6.18. The van der Waals surface area contributed by atoms with Crippen LogP contribution in [0, 0.1) is 0 Å². The van der Waals surface area contributed by atoms with Gasteiger partial charge in [-0.1, -0.05) is 109 Å². The van der Waals surface area contributed by atoms with Crippen molar-refractivity contribution in [3.05, 3.63) is 145 Å². The third-order valence-corrected chi connectivity index (χ3v) is 8.76. The van der Waals surface area contributed by atoms with E-state index >= 15 is 0 Å². The molecular formula is C41H27N3O. The van der Waals surface area contributed by atoms with E-state index in [1.54, 1.807) is 0 Å². The van der Waals surface area contributed by atoms with Crippen molar-refractivity contribution in [3.8, 4) is 33.9 Å². The van der Waals surface area contributed by atoms with Gasteiger partial charge in [0.15, 0.2) is 17.5 Å². The first-order valence-corrected chi connectivity index (χ1v) is 15.3. The fourth-order valence-electron chi connectivity index (χ4n) is 6.46. The molecule has 0 spiro atoms. The monoisotopic (exact) mass is 577 g/mol. The molecule has 4 heteroatoms. The van der Waals surface area contributed by atoms with Crippen LogP contribution in [0.2, 0.25) is 0 Å². The molecule has 2 aromatic heterocycles. The SMILES string of the molecule is C1=CCCC(c2nc(-c3ccc4ccccc4c3)nc(-c3ccc4ccc(-c5cccc6oc7ccccc7c56)cc4c3)n2)=C1. The second-order valence-electron chi connectivity index (χ2n) is 11.6. The summed E-state index contributed by atoms with van der Waals surface area (Å²) in [4.78, 5) is 15.1. The Morgan fingerprint density at radius 2 is 1.16 bits per heavy atom. The third kappa shape index (κ3) is 4.50. The lowest BCUT2D eigenvalue weighted by molar-refractivity contribution is 0.669. The summed E-state index contributed by atoms with van der Waals surface area (Å²) in [6.07, 6.45) is 8.30. The molecule has 0 unspecified atom stereocenters. The Hall–Kier alpha value is -5.87. The first-order chi connectivity index (χ1) is 22.3. The Morgan fingerprint density at radius 3 is 1.96 bits per heavy atom. The van der Waals surface area contributed by atoms with Crippen LogP contribution >= 0.6 is 0 Å². The van der Waals surface area contributed by atoms with Gasteiger partial charge in [-0.05, 0) is 81.4 Å². The van der Waals surface area contributed by atoms with Gasteiger partial charge in [-0.25, -0.2) is 15.0 Å². The molecule has 0 saturated carbocycles. The Kier molecular flexibility index (Phi) is 5.91. The first kappa shape index (κ1) is 25.6. The summed E-state index contributed by atoms with van der Waals surface area (Å²) in [5.74, 6) is 2.09. The molecule has 8 aromatic rings. The minimum atomic E-state index is 0.675. The number of hydrogen-bond donors (Lipinski definition) is 0. The molecule has 0 aliphatic heterocycles. The van der Waals surface area contributed by atoms with Crippen LogP contribution in [-0.4, -0.2) is 15.0 Å². The number of nitrogens with zero attached hydrogens (tertiary/aromatic N) is 3. The van der Waals surface area contributed by atoms with Crippen LogP contribution in [-0.2, 0) is 0 Å². The Morgan fingerprint density at radius 1 is 0.511 bits per heavy atom. The standard InChI is InChI=1S/C41H27N3O/c1-2-10-28(11-3-1)39-42-40(31-21-18-26-9-4-5-12-29(26)23-31)44-41(43-39)32-22-19-27-17-20-30(24-33(27)25-32)34-14-8-16-37-38(34)35-13-6-7-15-36(35)45-37/h1-2,4-10,12-25H,3,11H2. The van der Waals surface area contributed by atoms with Gasteiger partial charge >= 0.3 is 0 Å². The molecule has 6 aromatic carbocycles. The highest BCUT2D eigenvalue weighted by molar-refractivity contribution is 6.12. The Labute approximate surface area is 260 Å². The molecule has 0 atom stereocenters. The van der Waals surface area contributed by atoms with Gasteiger partial charge in [-0.3, -0.25) is 0 Å². The number of aromatic nitrogens is 3. The first-order valence-electron chi connectivity index (χ1n) is 15.3. The van der Waals surface area contributed by atoms with Gasteiger partial charge in [0.1, 0.15) is 11.2 Å². The van der Waals surface area contributed by atoms with Crippen LogP contribution in [0.15, 0.2) is 144 Å². The molecule has 2 heterocycles. The summed E-state index contributed by atoms with van der Waals surface area (Å²) < 4.78 is 6.18. The number of hydrogen-bond acceptors (Lipinski definition) is 4. The summed E-state index contributed by atoms with van der Waals surface area (Å²) in [5.41, 5.74) is 7.17. The van der Waals surface area contributed by atoms with E-state index in [9.17, 15) is 0 Å². The van der Waals surface area contributed by atoms with Gasteiger partial charge in [0.25, 0.3) is 0 Å². The zero-order valence-electron chi connectivity index (χ0n) is 24.4. The van der Waals surface area contributed by atoms with Crippen LogP contribution in [0.5, 0.6) is 0 Å². The minimum absolute atomic E-state index is 0.675. The number of para-hydroxylation sites is 1. The van der Waals surface area contributed by atoms with Gasteiger partial charge in [0.2, 0.25) is 0 Å². The molecule has 0 bridgehead atoms. The summed E-state index contributed by atoms with van der Waals surface area (Å²) in [7, 11) is 0. The van der Waals surface area contributed by atoms with Crippen molar-refractivity contribution in [1.82, 2.24) is 15.0 Å². The molecule has 9 rings (SSSR count). The van der Waals surface area contributed by atoms with Gasteiger partial charge in [-0.2, -0.15) is 0 Å². The highest BCUT2D eigenvalue weighted by atomic mass is 16.3. The number of allylic oxidation sites excluding steroid dienone is 4. The average Bonchev–Trinajstić information content (AvgIpc) is 3.50. The lowest BCUT2D eigenvalue weighted by Gasteiger charge is -2.12. The summed E-state index contributed by atoms with van der Waals surface area (Å²) in [6, 6.07) is 42.4. The topological polar surface area (TPSA) is 51.8 Å². The van der Waals surface area contributed by atoms with Crippen molar-refractivity contribution in [2.45, 2.75) is 12.8 Å². The Balaban J connectivity index is 1.20. The molecule has 4 nitrogen and oxygen atoms in total.